The Morgan fingerprint density at radius 1 is 1.21 bits per heavy atom. The molecular formula is C27H38NY-. The molecule has 1 fully saturated rings. The van der Waals surface area contributed by atoms with Gasteiger partial charge in [-0.05, 0) is 52.6 Å². The van der Waals surface area contributed by atoms with Gasteiger partial charge in [-0.25, -0.2) is 0 Å². The average Bonchev–Trinajstić information content (AvgIpc) is 2.69. The molecule has 29 heavy (non-hydrogen) atoms. The van der Waals surface area contributed by atoms with Crippen molar-refractivity contribution in [2.24, 2.45) is 5.92 Å². The first-order chi connectivity index (χ1) is 13.4. The van der Waals surface area contributed by atoms with E-state index in [1.54, 1.807) is 0 Å². The van der Waals surface area contributed by atoms with E-state index in [4.69, 9.17) is 0 Å². The molecule has 1 aromatic rings. The summed E-state index contributed by atoms with van der Waals surface area (Å²) >= 11 is 0. The summed E-state index contributed by atoms with van der Waals surface area (Å²) in [6.45, 7) is 18.7. The first kappa shape index (κ1) is 28.1. The largest absolute Gasteiger partial charge is 0.300 e. The minimum absolute atomic E-state index is 0. The second-order valence-corrected chi connectivity index (χ2v) is 7.67. The maximum absolute atomic E-state index is 4.19. The van der Waals surface area contributed by atoms with Crippen LogP contribution in [0.4, 0.5) is 0 Å². The van der Waals surface area contributed by atoms with Crippen LogP contribution in [0.1, 0.15) is 70.1 Å². The van der Waals surface area contributed by atoms with Crippen molar-refractivity contribution in [3.05, 3.63) is 65.8 Å². The number of benzene rings is 1. The molecule has 0 aliphatic heterocycles. The predicted molar refractivity (Wildman–Crippen MR) is 125 cm³/mol. The standard InChI is InChI=1S/C25H32N.C2H6.Y/c1-8-11-21-12-13-23(20(5)18-21)22(9-2)24(10-3)25(26(6)7)16-14-19(4)15-17-25;1-2;/h9-10,12,18-19H,2-3,14-17H2,1,4-7H3;1-2H3;/q-1;;/b24-22+;;. The molecule has 0 heterocycles. The van der Waals surface area contributed by atoms with Crippen LogP contribution >= 0.6 is 0 Å². The van der Waals surface area contributed by atoms with Crippen LogP contribution in [-0.2, 0) is 32.7 Å². The second-order valence-electron chi connectivity index (χ2n) is 7.67. The molecule has 0 amide bonds. The summed E-state index contributed by atoms with van der Waals surface area (Å²) < 4.78 is 0. The van der Waals surface area contributed by atoms with E-state index in [0.717, 1.165) is 35.5 Å². The van der Waals surface area contributed by atoms with Gasteiger partial charge in [0.25, 0.3) is 0 Å². The fraction of sp³-hybridized carbons (Fsp3) is 0.481. The van der Waals surface area contributed by atoms with Crippen LogP contribution < -0.4 is 0 Å². The summed E-state index contributed by atoms with van der Waals surface area (Å²) in [5.74, 6) is 6.87. The molecule has 2 rings (SSSR count). The third-order valence-corrected chi connectivity index (χ3v) is 5.83. The van der Waals surface area contributed by atoms with Crippen LogP contribution in [-0.4, -0.2) is 24.5 Å². The fourth-order valence-electron chi connectivity index (χ4n) is 4.21. The van der Waals surface area contributed by atoms with Crippen molar-refractivity contribution in [2.45, 2.75) is 65.8 Å². The Morgan fingerprint density at radius 3 is 2.21 bits per heavy atom. The number of hydrogen-bond acceptors (Lipinski definition) is 1. The third-order valence-electron chi connectivity index (χ3n) is 5.83. The average molecular weight is 466 g/mol. The Morgan fingerprint density at radius 2 is 1.79 bits per heavy atom. The van der Waals surface area contributed by atoms with Crippen LogP contribution in [0, 0.1) is 30.7 Å². The van der Waals surface area contributed by atoms with Gasteiger partial charge in [0.1, 0.15) is 0 Å². The van der Waals surface area contributed by atoms with Crippen molar-refractivity contribution in [3.63, 3.8) is 0 Å². The van der Waals surface area contributed by atoms with Crippen LogP contribution in [0.15, 0.2) is 43.0 Å². The van der Waals surface area contributed by atoms with E-state index in [1.807, 2.05) is 39.0 Å². The van der Waals surface area contributed by atoms with Crippen LogP contribution in [0.5, 0.6) is 0 Å². The van der Waals surface area contributed by atoms with Crippen LogP contribution in [0.2, 0.25) is 0 Å². The Hall–Kier alpha value is -0.936. The number of likely N-dealkylation sites (N-methyl/N-ethyl adjacent to an activating group) is 1. The molecule has 0 unspecified atom stereocenters. The Bertz CT molecular complexity index is 765. The molecule has 1 radical (unpaired) electrons. The molecule has 1 aliphatic rings. The monoisotopic (exact) mass is 465 g/mol. The second kappa shape index (κ2) is 13.4. The number of nitrogens with zero attached hydrogens (tertiary/aromatic N) is 1. The van der Waals surface area contributed by atoms with E-state index in [-0.39, 0.29) is 38.2 Å². The van der Waals surface area contributed by atoms with Gasteiger partial charge in [-0.2, -0.15) is 0 Å². The Balaban J connectivity index is 0.00000253. The van der Waals surface area contributed by atoms with Gasteiger partial charge in [-0.15, -0.1) is 53.8 Å². The van der Waals surface area contributed by atoms with E-state index >= 15 is 0 Å². The minimum Gasteiger partial charge on any atom is -0.300 e. The van der Waals surface area contributed by atoms with Crippen molar-refractivity contribution in [1.82, 2.24) is 4.90 Å². The normalized spacial score (nSPS) is 21.4. The third kappa shape index (κ3) is 6.52. The predicted octanol–water partition coefficient (Wildman–Crippen LogP) is 6.83. The van der Waals surface area contributed by atoms with Gasteiger partial charge in [-0.1, -0.05) is 57.1 Å². The number of aryl methyl sites for hydroxylation is 1. The summed E-state index contributed by atoms with van der Waals surface area (Å²) in [5, 5.41) is 0. The molecule has 1 saturated carbocycles. The molecule has 0 aromatic heterocycles. The molecule has 0 bridgehead atoms. The Labute approximate surface area is 205 Å². The summed E-state index contributed by atoms with van der Waals surface area (Å²) in [6.07, 6.45) is 8.81. The first-order valence-electron chi connectivity index (χ1n) is 10.5. The maximum Gasteiger partial charge on any atom is 0.0376 e. The molecule has 0 saturated heterocycles. The fourth-order valence-corrected chi connectivity index (χ4v) is 4.21. The molecule has 0 atom stereocenters. The number of hydrogen-bond donors (Lipinski definition) is 0. The van der Waals surface area contributed by atoms with Gasteiger partial charge in [0.05, 0.1) is 0 Å². The van der Waals surface area contributed by atoms with Crippen molar-refractivity contribution in [3.8, 4) is 11.8 Å². The van der Waals surface area contributed by atoms with Crippen molar-refractivity contribution in [2.75, 3.05) is 14.1 Å². The molecular weight excluding hydrogens is 427 g/mol. The van der Waals surface area contributed by atoms with E-state index in [0.29, 0.717) is 0 Å². The number of rotatable bonds is 5. The van der Waals surface area contributed by atoms with Crippen molar-refractivity contribution < 1.29 is 32.7 Å². The maximum atomic E-state index is 4.19. The SMILES string of the molecule is C=C/C(=C(/C=C)C1(N(C)C)CCC(C)CC1)c1[c-]cc(C#CC)cc1C.CC.[Y]. The summed E-state index contributed by atoms with van der Waals surface area (Å²) in [7, 11) is 4.38. The van der Waals surface area contributed by atoms with Gasteiger partial charge >= 0.3 is 0 Å². The van der Waals surface area contributed by atoms with Gasteiger partial charge in [0.2, 0.25) is 0 Å². The summed E-state index contributed by atoms with van der Waals surface area (Å²) in [5.41, 5.74) is 5.73. The van der Waals surface area contributed by atoms with Crippen LogP contribution in [0.25, 0.3) is 5.57 Å². The molecule has 1 aliphatic carbocycles. The molecule has 155 valence electrons. The molecule has 1 nitrogen and oxygen atoms in total. The minimum atomic E-state index is 0. The van der Waals surface area contributed by atoms with E-state index in [2.05, 4.69) is 70.0 Å². The zero-order valence-corrected chi connectivity index (χ0v) is 22.5. The smallest absolute Gasteiger partial charge is 0.0376 e. The van der Waals surface area contributed by atoms with Gasteiger partial charge in [0.15, 0.2) is 0 Å². The van der Waals surface area contributed by atoms with Crippen LogP contribution in [0.3, 0.4) is 0 Å². The van der Waals surface area contributed by atoms with E-state index < -0.39 is 0 Å². The summed E-state index contributed by atoms with van der Waals surface area (Å²) in [4.78, 5) is 2.38. The number of allylic oxidation sites excluding steroid dienone is 2. The van der Waals surface area contributed by atoms with Crippen molar-refractivity contribution >= 4 is 5.57 Å². The summed E-state index contributed by atoms with van der Waals surface area (Å²) in [6, 6.07) is 7.58. The molecule has 1 aromatic carbocycles. The zero-order chi connectivity index (χ0) is 21.3. The topological polar surface area (TPSA) is 3.24 Å². The quantitative estimate of drug-likeness (QED) is 0.262. The molecule has 2 heteroatoms. The molecule has 0 N–H and O–H groups in total. The van der Waals surface area contributed by atoms with Crippen molar-refractivity contribution in [1.29, 1.82) is 0 Å². The van der Waals surface area contributed by atoms with Gasteiger partial charge in [0, 0.05) is 38.2 Å². The van der Waals surface area contributed by atoms with Gasteiger partial charge in [-0.3, -0.25) is 0 Å². The zero-order valence-electron chi connectivity index (χ0n) is 19.7. The Kier molecular flexibility index (Phi) is 13.0. The van der Waals surface area contributed by atoms with E-state index in [1.165, 1.54) is 24.0 Å². The first-order valence-corrected chi connectivity index (χ1v) is 10.5. The molecule has 0 spiro atoms. The van der Waals surface area contributed by atoms with Gasteiger partial charge < -0.3 is 4.90 Å². The van der Waals surface area contributed by atoms with E-state index in [9.17, 15) is 0 Å².